The van der Waals surface area contributed by atoms with Gasteiger partial charge in [-0.1, -0.05) is 0 Å². The van der Waals surface area contributed by atoms with E-state index in [1.807, 2.05) is 12.1 Å². The molecule has 3 aromatic rings. The van der Waals surface area contributed by atoms with Gasteiger partial charge in [-0.05, 0) is 43.2 Å². The predicted molar refractivity (Wildman–Crippen MR) is 85.5 cm³/mol. The quantitative estimate of drug-likeness (QED) is 0.780. The summed E-state index contributed by atoms with van der Waals surface area (Å²) in [7, 11) is 0. The van der Waals surface area contributed by atoms with E-state index in [0.29, 0.717) is 5.82 Å². The molecule has 0 bridgehead atoms. The molecule has 3 heterocycles. The monoisotopic (exact) mass is 330 g/mol. The average molecular weight is 330 g/mol. The number of hydrogen-bond donors (Lipinski definition) is 1. The average Bonchev–Trinajstić information content (AvgIpc) is 3.17. The Balaban J connectivity index is 1.70. The van der Waals surface area contributed by atoms with Gasteiger partial charge in [0.15, 0.2) is 5.69 Å². The van der Waals surface area contributed by atoms with E-state index in [-0.39, 0.29) is 23.6 Å². The van der Waals surface area contributed by atoms with Crippen LogP contribution in [0.1, 0.15) is 25.0 Å². The molecule has 1 saturated carbocycles. The molecule has 0 atom stereocenters. The van der Waals surface area contributed by atoms with Crippen molar-refractivity contribution in [1.82, 2.24) is 14.5 Å². The smallest absolute Gasteiger partial charge is 0.284 e. The standard InChI is InChI=1S/C17H16F2N4O/c18-16(19)15-13(24-10-17(20)6-7-17)3-4-14(22-15)23-9-5-11-12(23)2-1-8-21-11/h1-5,8-9,16H,6-7,10,20H2. The number of rotatable bonds is 5. The van der Waals surface area contributed by atoms with Crippen molar-refractivity contribution in [3.8, 4) is 11.6 Å². The number of pyridine rings is 2. The van der Waals surface area contributed by atoms with Gasteiger partial charge in [0, 0.05) is 12.4 Å². The Kier molecular flexibility index (Phi) is 3.45. The summed E-state index contributed by atoms with van der Waals surface area (Å²) in [4.78, 5) is 8.34. The first kappa shape index (κ1) is 15.0. The molecule has 0 aromatic carbocycles. The van der Waals surface area contributed by atoms with Crippen molar-refractivity contribution in [2.45, 2.75) is 24.8 Å². The van der Waals surface area contributed by atoms with E-state index in [4.69, 9.17) is 10.5 Å². The van der Waals surface area contributed by atoms with Crippen LogP contribution in [0.4, 0.5) is 8.78 Å². The van der Waals surface area contributed by atoms with Crippen LogP contribution in [-0.4, -0.2) is 26.7 Å². The highest BCUT2D eigenvalue weighted by Gasteiger charge is 2.39. The molecule has 2 N–H and O–H groups in total. The van der Waals surface area contributed by atoms with Crippen LogP contribution < -0.4 is 10.5 Å². The first-order chi connectivity index (χ1) is 11.6. The Bertz CT molecular complexity index is 889. The van der Waals surface area contributed by atoms with Gasteiger partial charge in [0.1, 0.15) is 18.2 Å². The van der Waals surface area contributed by atoms with Crippen LogP contribution in [0.25, 0.3) is 16.9 Å². The van der Waals surface area contributed by atoms with Crippen LogP contribution in [0.5, 0.6) is 5.75 Å². The normalized spacial score (nSPS) is 15.8. The first-order valence-corrected chi connectivity index (χ1v) is 7.69. The van der Waals surface area contributed by atoms with Crippen LogP contribution in [0.2, 0.25) is 0 Å². The SMILES string of the molecule is NC1(COc2ccc(-n3ccc4ncccc43)nc2C(F)F)CC1. The summed E-state index contributed by atoms with van der Waals surface area (Å²) in [6.45, 7) is 0.226. The second-order valence-corrected chi connectivity index (χ2v) is 6.10. The predicted octanol–water partition coefficient (Wildman–Crippen LogP) is 3.23. The van der Waals surface area contributed by atoms with Crippen molar-refractivity contribution in [3.05, 3.63) is 48.4 Å². The van der Waals surface area contributed by atoms with Crippen molar-refractivity contribution in [2.75, 3.05) is 6.61 Å². The molecule has 1 fully saturated rings. The molecular weight excluding hydrogens is 314 g/mol. The molecule has 0 amide bonds. The zero-order valence-corrected chi connectivity index (χ0v) is 12.8. The van der Waals surface area contributed by atoms with E-state index in [2.05, 4.69) is 9.97 Å². The van der Waals surface area contributed by atoms with Gasteiger partial charge in [-0.25, -0.2) is 13.8 Å². The van der Waals surface area contributed by atoms with Crippen molar-refractivity contribution >= 4 is 11.0 Å². The third kappa shape index (κ3) is 2.71. The Hall–Kier alpha value is -2.54. The summed E-state index contributed by atoms with van der Waals surface area (Å²) in [5, 5.41) is 0. The van der Waals surface area contributed by atoms with Crippen LogP contribution >= 0.6 is 0 Å². The number of halogens is 2. The Morgan fingerprint density at radius 2 is 2.08 bits per heavy atom. The molecule has 7 heteroatoms. The van der Waals surface area contributed by atoms with Crippen LogP contribution in [-0.2, 0) is 0 Å². The van der Waals surface area contributed by atoms with Crippen molar-refractivity contribution < 1.29 is 13.5 Å². The molecule has 5 nitrogen and oxygen atoms in total. The van der Waals surface area contributed by atoms with E-state index < -0.39 is 6.43 Å². The minimum Gasteiger partial charge on any atom is -0.490 e. The topological polar surface area (TPSA) is 66.0 Å². The molecule has 0 unspecified atom stereocenters. The van der Waals surface area contributed by atoms with Crippen molar-refractivity contribution in [1.29, 1.82) is 0 Å². The van der Waals surface area contributed by atoms with Gasteiger partial charge >= 0.3 is 0 Å². The van der Waals surface area contributed by atoms with Gasteiger partial charge in [-0.15, -0.1) is 0 Å². The number of hydrogen-bond acceptors (Lipinski definition) is 4. The fraction of sp³-hybridized carbons (Fsp3) is 0.294. The maximum absolute atomic E-state index is 13.4. The van der Waals surface area contributed by atoms with Gasteiger partial charge in [-0.2, -0.15) is 0 Å². The maximum atomic E-state index is 13.4. The number of ether oxygens (including phenoxy) is 1. The molecule has 24 heavy (non-hydrogen) atoms. The molecular formula is C17H16F2N4O. The number of fused-ring (bicyclic) bond motifs is 1. The lowest BCUT2D eigenvalue weighted by Crippen LogP contribution is -2.30. The molecule has 3 aromatic heterocycles. The largest absolute Gasteiger partial charge is 0.490 e. The number of alkyl halides is 2. The molecule has 1 aliphatic rings. The zero-order chi connectivity index (χ0) is 16.7. The molecule has 0 radical (unpaired) electrons. The lowest BCUT2D eigenvalue weighted by Gasteiger charge is -2.15. The van der Waals surface area contributed by atoms with Crippen LogP contribution in [0.3, 0.4) is 0 Å². The van der Waals surface area contributed by atoms with E-state index in [1.165, 1.54) is 6.07 Å². The molecule has 0 spiro atoms. The summed E-state index contributed by atoms with van der Waals surface area (Å²) in [6, 6.07) is 8.65. The first-order valence-electron chi connectivity index (χ1n) is 7.69. The molecule has 4 rings (SSSR count). The van der Waals surface area contributed by atoms with Crippen LogP contribution in [0.15, 0.2) is 42.7 Å². The third-order valence-electron chi connectivity index (χ3n) is 4.19. The highest BCUT2D eigenvalue weighted by atomic mass is 19.3. The van der Waals surface area contributed by atoms with E-state index >= 15 is 0 Å². The number of nitrogens with two attached hydrogens (primary N) is 1. The van der Waals surface area contributed by atoms with Gasteiger partial charge < -0.3 is 10.5 Å². The summed E-state index contributed by atoms with van der Waals surface area (Å²) in [5.74, 6) is 0.481. The Morgan fingerprint density at radius 3 is 2.83 bits per heavy atom. The molecule has 0 aliphatic heterocycles. The van der Waals surface area contributed by atoms with Gasteiger partial charge in [-0.3, -0.25) is 9.55 Å². The van der Waals surface area contributed by atoms with E-state index in [0.717, 1.165) is 23.9 Å². The van der Waals surface area contributed by atoms with Crippen molar-refractivity contribution in [2.24, 2.45) is 5.73 Å². The second-order valence-electron chi connectivity index (χ2n) is 6.10. The third-order valence-corrected chi connectivity index (χ3v) is 4.19. The Labute approximate surface area is 137 Å². The molecule has 1 aliphatic carbocycles. The zero-order valence-electron chi connectivity index (χ0n) is 12.8. The molecule has 124 valence electrons. The van der Waals surface area contributed by atoms with E-state index in [9.17, 15) is 8.78 Å². The lowest BCUT2D eigenvalue weighted by atomic mass is 10.3. The van der Waals surface area contributed by atoms with E-state index in [1.54, 1.807) is 29.1 Å². The lowest BCUT2D eigenvalue weighted by molar-refractivity contribution is 0.138. The highest BCUT2D eigenvalue weighted by Crippen LogP contribution is 2.35. The number of nitrogens with zero attached hydrogens (tertiary/aromatic N) is 3. The maximum Gasteiger partial charge on any atom is 0.284 e. The van der Waals surface area contributed by atoms with Crippen LogP contribution in [0, 0.1) is 0 Å². The van der Waals surface area contributed by atoms with Gasteiger partial charge in [0.2, 0.25) is 0 Å². The minimum absolute atomic E-state index is 0.0834. The Morgan fingerprint density at radius 1 is 1.25 bits per heavy atom. The second kappa shape index (κ2) is 5.52. The summed E-state index contributed by atoms with van der Waals surface area (Å²) in [5.41, 5.74) is 6.78. The van der Waals surface area contributed by atoms with Crippen molar-refractivity contribution in [3.63, 3.8) is 0 Å². The highest BCUT2D eigenvalue weighted by molar-refractivity contribution is 5.77. The number of aromatic nitrogens is 3. The summed E-state index contributed by atoms with van der Waals surface area (Å²) < 4.78 is 34.0. The summed E-state index contributed by atoms with van der Waals surface area (Å²) >= 11 is 0. The fourth-order valence-corrected chi connectivity index (χ4v) is 2.56. The van der Waals surface area contributed by atoms with Gasteiger partial charge in [0.25, 0.3) is 6.43 Å². The molecule has 0 saturated heterocycles. The summed E-state index contributed by atoms with van der Waals surface area (Å²) in [6.07, 6.45) is 2.42. The minimum atomic E-state index is -2.73. The van der Waals surface area contributed by atoms with Gasteiger partial charge in [0.05, 0.1) is 16.6 Å². The fourth-order valence-electron chi connectivity index (χ4n) is 2.56.